The van der Waals surface area contributed by atoms with Gasteiger partial charge in [0.2, 0.25) is 17.7 Å². The number of carbonyl (C=O) groups excluding carboxylic acids is 2. The first kappa shape index (κ1) is 33.0. The van der Waals surface area contributed by atoms with E-state index in [-0.39, 0.29) is 29.2 Å². The molecule has 0 spiro atoms. The van der Waals surface area contributed by atoms with E-state index in [1.54, 1.807) is 26.0 Å². The lowest BCUT2D eigenvalue weighted by Gasteiger charge is -2.26. The molecule has 2 amide bonds. The summed E-state index contributed by atoms with van der Waals surface area (Å²) < 4.78 is 51.5. The van der Waals surface area contributed by atoms with Crippen LogP contribution in [-0.4, -0.2) is 73.2 Å². The van der Waals surface area contributed by atoms with Crippen molar-refractivity contribution < 1.29 is 37.3 Å². The Bertz CT molecular complexity index is 1790. The summed E-state index contributed by atoms with van der Waals surface area (Å²) in [6.45, 7) is 8.30. The van der Waals surface area contributed by atoms with Gasteiger partial charge in [-0.2, -0.15) is 0 Å². The summed E-state index contributed by atoms with van der Waals surface area (Å²) >= 11 is 0. The van der Waals surface area contributed by atoms with Gasteiger partial charge in [0.15, 0.2) is 23.1 Å². The molecule has 1 saturated carbocycles. The molecule has 1 aliphatic carbocycles. The number of hydrogen-bond acceptors (Lipinski definition) is 9. The number of methoxy groups -OCH3 is 1. The van der Waals surface area contributed by atoms with E-state index in [1.165, 1.54) is 49.8 Å². The van der Waals surface area contributed by atoms with Crippen molar-refractivity contribution in [1.82, 2.24) is 14.9 Å². The highest BCUT2D eigenvalue weighted by atomic mass is 19.1. The number of nitrogens with zero attached hydrogens (tertiary/aromatic N) is 3. The maximum absolute atomic E-state index is 15.4. The van der Waals surface area contributed by atoms with Crippen molar-refractivity contribution in [2.75, 3.05) is 57.2 Å². The number of rotatable bonds is 12. The van der Waals surface area contributed by atoms with E-state index in [0.717, 1.165) is 45.3 Å². The zero-order valence-corrected chi connectivity index (χ0v) is 26.9. The topological polar surface area (TPSA) is 124 Å². The van der Waals surface area contributed by atoms with Crippen molar-refractivity contribution in [3.05, 3.63) is 72.6 Å². The molecule has 252 valence electrons. The van der Waals surface area contributed by atoms with Crippen LogP contribution in [0.1, 0.15) is 20.3 Å². The highest BCUT2D eigenvalue weighted by Gasteiger charge is 2.69. The molecule has 6 rings (SSSR count). The summed E-state index contributed by atoms with van der Waals surface area (Å²) in [6.07, 6.45) is 2.14. The van der Waals surface area contributed by atoms with Crippen LogP contribution < -0.4 is 24.8 Å². The Labute approximate surface area is 276 Å². The van der Waals surface area contributed by atoms with Gasteiger partial charge in [-0.3, -0.25) is 14.5 Å². The Morgan fingerprint density at radius 3 is 2.27 bits per heavy atom. The largest absolute Gasteiger partial charge is 0.493 e. The molecule has 11 nitrogen and oxygen atoms in total. The highest BCUT2D eigenvalue weighted by molar-refractivity contribution is 6.17. The number of amides is 2. The quantitative estimate of drug-likeness (QED) is 0.146. The second-order valence-corrected chi connectivity index (χ2v) is 12.0. The zero-order chi connectivity index (χ0) is 33.8. The second kappa shape index (κ2) is 14.1. The molecule has 3 aromatic carbocycles. The van der Waals surface area contributed by atoms with E-state index < -0.39 is 28.9 Å². The van der Waals surface area contributed by atoms with Crippen LogP contribution in [0.2, 0.25) is 0 Å². The second-order valence-electron chi connectivity index (χ2n) is 12.0. The molecule has 2 N–H and O–H groups in total. The zero-order valence-electron chi connectivity index (χ0n) is 26.9. The minimum absolute atomic E-state index is 0.102. The molecule has 2 aliphatic rings. The van der Waals surface area contributed by atoms with E-state index in [2.05, 4.69) is 25.5 Å². The average molecular weight is 662 g/mol. The lowest BCUT2D eigenvalue weighted by Crippen LogP contribution is -2.38. The summed E-state index contributed by atoms with van der Waals surface area (Å²) in [4.78, 5) is 37.6. The molecule has 1 aliphatic heterocycles. The fourth-order valence-corrected chi connectivity index (χ4v) is 6.16. The Balaban J connectivity index is 1.13. The molecule has 13 heteroatoms. The van der Waals surface area contributed by atoms with Crippen LogP contribution in [0.25, 0.3) is 10.9 Å². The fraction of sp³-hybridized carbons (Fsp3) is 0.371. The normalized spacial score (nSPS) is 20.6. The van der Waals surface area contributed by atoms with Gasteiger partial charge < -0.3 is 29.6 Å². The third-order valence-corrected chi connectivity index (χ3v) is 9.19. The number of fused-ring (bicyclic) bond motifs is 1. The van der Waals surface area contributed by atoms with Gasteiger partial charge in [-0.15, -0.1) is 0 Å². The number of nitrogens with one attached hydrogen (secondary N) is 2. The summed E-state index contributed by atoms with van der Waals surface area (Å²) in [7, 11) is 1.53. The monoisotopic (exact) mass is 661 g/mol. The number of carbonyl (C=O) groups is 2. The molecular weight excluding hydrogens is 624 g/mol. The molecule has 3 atom stereocenters. The van der Waals surface area contributed by atoms with Crippen LogP contribution in [-0.2, 0) is 14.3 Å². The van der Waals surface area contributed by atoms with Gasteiger partial charge in [0.25, 0.3) is 0 Å². The fourth-order valence-electron chi connectivity index (χ4n) is 6.16. The standard InChI is InChI=1S/C35H37F2N5O6/c1-21-22(2)35(21,33(43)40-24-7-5-23(36)6-8-24)34(44)41-25-9-10-29(27(37)17-25)48-32-26-18-30(45-3)31(19-28(26)38-20-39-32)47-14-4-11-42-12-15-46-16-13-42/h5-10,17-22H,4,11-16H2,1-3H3,(H,40,43)(H,41,44)/t21-,22?,35?/m1/s1. The number of anilines is 2. The first-order valence-electron chi connectivity index (χ1n) is 15.8. The Kier molecular flexibility index (Phi) is 9.69. The van der Waals surface area contributed by atoms with Crippen molar-refractivity contribution in [3.63, 3.8) is 0 Å². The summed E-state index contributed by atoms with van der Waals surface area (Å²) in [5.74, 6) is -1.88. The number of halogens is 2. The molecule has 0 radical (unpaired) electrons. The van der Waals surface area contributed by atoms with Crippen LogP contribution >= 0.6 is 0 Å². The van der Waals surface area contributed by atoms with E-state index in [4.69, 9.17) is 18.9 Å². The molecule has 2 fully saturated rings. The molecule has 2 unspecified atom stereocenters. The molecule has 2 heterocycles. The van der Waals surface area contributed by atoms with Gasteiger partial charge in [0, 0.05) is 43.1 Å². The average Bonchev–Trinajstić information content (AvgIpc) is 3.65. The molecule has 4 aromatic rings. The minimum Gasteiger partial charge on any atom is -0.493 e. The molecule has 1 saturated heterocycles. The summed E-state index contributed by atoms with van der Waals surface area (Å²) in [5, 5.41) is 5.87. The Morgan fingerprint density at radius 2 is 1.60 bits per heavy atom. The van der Waals surface area contributed by atoms with Crippen molar-refractivity contribution in [3.8, 4) is 23.1 Å². The SMILES string of the molecule is COc1cc2c(Oc3ccc(NC(=O)C4(C(=O)Nc5ccc(F)cc5)C(C)[C@H]4C)cc3F)ncnc2cc1OCCCN1CCOCC1. The number of hydrogen-bond donors (Lipinski definition) is 2. The predicted molar refractivity (Wildman–Crippen MR) is 174 cm³/mol. The van der Waals surface area contributed by atoms with Crippen molar-refractivity contribution in [2.45, 2.75) is 20.3 Å². The van der Waals surface area contributed by atoms with Crippen LogP contribution in [0.5, 0.6) is 23.1 Å². The molecule has 48 heavy (non-hydrogen) atoms. The van der Waals surface area contributed by atoms with Gasteiger partial charge in [0.05, 0.1) is 37.8 Å². The Hall–Kier alpha value is -4.88. The third-order valence-electron chi connectivity index (χ3n) is 9.19. The highest BCUT2D eigenvalue weighted by Crippen LogP contribution is 2.59. The van der Waals surface area contributed by atoms with Crippen molar-refractivity contribution in [1.29, 1.82) is 0 Å². The predicted octanol–water partition coefficient (Wildman–Crippen LogP) is 5.66. The van der Waals surface area contributed by atoms with E-state index in [9.17, 15) is 14.0 Å². The molecular formula is C35H37F2N5O6. The van der Waals surface area contributed by atoms with Crippen LogP contribution in [0, 0.1) is 28.9 Å². The van der Waals surface area contributed by atoms with E-state index in [0.29, 0.717) is 34.7 Å². The lowest BCUT2D eigenvalue weighted by molar-refractivity contribution is -0.132. The number of aromatic nitrogens is 2. The number of ether oxygens (including phenoxy) is 4. The number of morpholine rings is 1. The summed E-state index contributed by atoms with van der Waals surface area (Å²) in [5.41, 5.74) is -0.338. The van der Waals surface area contributed by atoms with Gasteiger partial charge in [-0.1, -0.05) is 13.8 Å². The van der Waals surface area contributed by atoms with Gasteiger partial charge in [-0.05, 0) is 60.7 Å². The third kappa shape index (κ3) is 6.74. The van der Waals surface area contributed by atoms with Crippen LogP contribution in [0.15, 0.2) is 60.9 Å². The smallest absolute Gasteiger partial charge is 0.240 e. The molecule has 1 aromatic heterocycles. The first-order chi connectivity index (χ1) is 23.2. The molecule has 0 bridgehead atoms. The Morgan fingerprint density at radius 1 is 0.917 bits per heavy atom. The van der Waals surface area contributed by atoms with Gasteiger partial charge in [-0.25, -0.2) is 18.7 Å². The number of benzene rings is 3. The van der Waals surface area contributed by atoms with Gasteiger partial charge >= 0.3 is 0 Å². The van der Waals surface area contributed by atoms with Crippen LogP contribution in [0.4, 0.5) is 20.2 Å². The lowest BCUT2D eigenvalue weighted by atomic mass is 9.99. The van der Waals surface area contributed by atoms with E-state index >= 15 is 4.39 Å². The minimum atomic E-state index is -1.37. The first-order valence-corrected chi connectivity index (χ1v) is 15.8. The van der Waals surface area contributed by atoms with Crippen LogP contribution in [0.3, 0.4) is 0 Å². The van der Waals surface area contributed by atoms with E-state index in [1.807, 2.05) is 0 Å². The van der Waals surface area contributed by atoms with Crippen molar-refractivity contribution in [2.24, 2.45) is 17.3 Å². The van der Waals surface area contributed by atoms with Gasteiger partial charge in [0.1, 0.15) is 17.6 Å². The maximum atomic E-state index is 15.4. The maximum Gasteiger partial charge on any atom is 0.240 e. The summed E-state index contributed by atoms with van der Waals surface area (Å²) in [6, 6.07) is 12.7. The van der Waals surface area contributed by atoms with Crippen molar-refractivity contribution >= 4 is 34.1 Å².